The molecule has 0 bridgehead atoms. The van der Waals surface area contributed by atoms with Gasteiger partial charge in [-0.2, -0.15) is 0 Å². The van der Waals surface area contributed by atoms with Crippen molar-refractivity contribution in [1.29, 1.82) is 0 Å². The van der Waals surface area contributed by atoms with Gasteiger partial charge in [0.05, 0.1) is 4.90 Å². The van der Waals surface area contributed by atoms with Crippen LogP contribution in [0.4, 0.5) is 0 Å². The predicted octanol–water partition coefficient (Wildman–Crippen LogP) is 2.28. The lowest BCUT2D eigenvalue weighted by Gasteiger charge is -2.15. The smallest absolute Gasteiger partial charge is 0.154 e. The maximum absolute atomic E-state index is 10.4. The minimum atomic E-state index is -4.27. The summed E-state index contributed by atoms with van der Waals surface area (Å²) >= 11 is 2.89. The number of hydrogen-bond donors (Lipinski definition) is 1. The van der Waals surface area contributed by atoms with Gasteiger partial charge in [-0.05, 0) is 38.5 Å². The molecule has 0 amide bonds. The Morgan fingerprint density at radius 1 is 1.17 bits per heavy atom. The second kappa shape index (κ2) is 7.40. The molecule has 0 atom stereocenters. The van der Waals surface area contributed by atoms with Gasteiger partial charge in [-0.25, -0.2) is 8.42 Å². The van der Waals surface area contributed by atoms with Gasteiger partial charge in [0.2, 0.25) is 0 Å². The van der Waals surface area contributed by atoms with Crippen molar-refractivity contribution in [2.75, 3.05) is 12.5 Å². The Kier molecular flexibility index (Phi) is 7.31. The summed E-state index contributed by atoms with van der Waals surface area (Å²) in [4.78, 5) is -0.178. The van der Waals surface area contributed by atoms with E-state index in [1.54, 1.807) is 19.1 Å². The summed E-state index contributed by atoms with van der Waals surface area (Å²) in [5.41, 5.74) is 0.928. The van der Waals surface area contributed by atoms with Crippen LogP contribution < -0.4 is 0 Å². The summed E-state index contributed by atoms with van der Waals surface area (Å²) in [7, 11) is -4.27. The molecule has 1 aromatic rings. The molecule has 1 rings (SSSR count). The van der Waals surface area contributed by atoms with Crippen LogP contribution in [-0.2, 0) is 10.1 Å². The van der Waals surface area contributed by atoms with E-state index in [0.717, 1.165) is 5.56 Å². The second-order valence-electron chi connectivity index (χ2n) is 3.57. The molecule has 0 aliphatic rings. The van der Waals surface area contributed by atoms with Crippen molar-refractivity contribution >= 4 is 33.6 Å². The quantitative estimate of drug-likeness (QED) is 0.682. The first-order valence-corrected chi connectivity index (χ1v) is 8.83. The van der Waals surface area contributed by atoms with Crippen LogP contribution in [0.25, 0.3) is 0 Å². The molecular formula is C11H17O4S3-. The normalized spacial score (nSPS) is 11.7. The number of rotatable bonds is 3. The molecule has 18 heavy (non-hydrogen) atoms. The minimum Gasteiger partial charge on any atom is -0.744 e. The van der Waals surface area contributed by atoms with Gasteiger partial charge in [-0.3, -0.25) is 0 Å². The largest absolute Gasteiger partial charge is 0.744 e. The first-order valence-electron chi connectivity index (χ1n) is 4.97. The highest BCUT2D eigenvalue weighted by atomic mass is 32.2. The molecule has 1 aromatic carbocycles. The van der Waals surface area contributed by atoms with E-state index in [0.29, 0.717) is 0 Å². The van der Waals surface area contributed by atoms with Gasteiger partial charge in [-0.1, -0.05) is 17.7 Å². The third-order valence-electron chi connectivity index (χ3n) is 2.07. The van der Waals surface area contributed by atoms with E-state index in [1.165, 1.54) is 35.7 Å². The minimum absolute atomic E-state index is 0.178. The highest BCUT2D eigenvalue weighted by molar-refractivity contribution is 8.17. The summed E-state index contributed by atoms with van der Waals surface area (Å²) in [5.74, 6) is 0. The number of benzene rings is 1. The van der Waals surface area contributed by atoms with E-state index in [2.05, 4.69) is 0 Å². The molecule has 0 saturated carbocycles. The van der Waals surface area contributed by atoms with Gasteiger partial charge in [0.1, 0.15) is 10.1 Å². The fourth-order valence-electron chi connectivity index (χ4n) is 0.788. The average molecular weight is 309 g/mol. The van der Waals surface area contributed by atoms with E-state index >= 15 is 0 Å². The number of thioether (sulfide) groups is 2. The van der Waals surface area contributed by atoms with Crippen LogP contribution in [0.2, 0.25) is 0 Å². The summed E-state index contributed by atoms with van der Waals surface area (Å²) < 4.78 is 30.6. The molecule has 0 fully saturated rings. The SMILES string of the molecule is CSC(C)(O)SC.Cc1ccc(S(=O)(=O)[O-])cc1. The monoisotopic (exact) mass is 309 g/mol. The van der Waals surface area contributed by atoms with Crippen molar-refractivity contribution in [3.63, 3.8) is 0 Å². The van der Waals surface area contributed by atoms with Crippen molar-refractivity contribution in [2.45, 2.75) is 23.0 Å². The molecule has 0 heterocycles. The molecule has 0 aromatic heterocycles. The van der Waals surface area contributed by atoms with Crippen molar-refractivity contribution in [3.8, 4) is 0 Å². The lowest BCUT2D eigenvalue weighted by molar-refractivity contribution is 0.252. The van der Waals surface area contributed by atoms with Crippen molar-refractivity contribution < 1.29 is 18.1 Å². The summed E-state index contributed by atoms with van der Waals surface area (Å²) in [6.45, 7) is 3.60. The second-order valence-corrected chi connectivity index (χ2v) is 7.62. The Balaban J connectivity index is 0.000000360. The summed E-state index contributed by atoms with van der Waals surface area (Å²) in [6, 6.07) is 5.78. The molecule has 4 nitrogen and oxygen atoms in total. The third kappa shape index (κ3) is 7.27. The van der Waals surface area contributed by atoms with Crippen LogP contribution in [-0.4, -0.2) is 34.9 Å². The zero-order valence-electron chi connectivity index (χ0n) is 10.7. The van der Waals surface area contributed by atoms with Crippen LogP contribution in [0.5, 0.6) is 0 Å². The van der Waals surface area contributed by atoms with Crippen molar-refractivity contribution in [1.82, 2.24) is 0 Å². The Morgan fingerprint density at radius 2 is 1.56 bits per heavy atom. The number of aliphatic hydroxyl groups is 1. The molecule has 0 aliphatic carbocycles. The fraction of sp³-hybridized carbons (Fsp3) is 0.455. The highest BCUT2D eigenvalue weighted by Crippen LogP contribution is 2.28. The molecule has 0 unspecified atom stereocenters. The molecular weight excluding hydrogens is 292 g/mol. The Morgan fingerprint density at radius 3 is 1.78 bits per heavy atom. The summed E-state index contributed by atoms with van der Waals surface area (Å²) in [5, 5.41) is 9.06. The number of aryl methyl sites for hydroxylation is 1. The van der Waals surface area contributed by atoms with E-state index in [4.69, 9.17) is 5.11 Å². The standard InChI is InChI=1S/C7H8O3S.C4H10OS2/c1-6-2-4-7(5-3-6)11(8,9)10;1-4(5,6-2)7-3/h2-5H,1H3,(H,8,9,10);5H,1-3H3/p-1. The van der Waals surface area contributed by atoms with Crippen molar-refractivity contribution in [3.05, 3.63) is 29.8 Å². The zero-order valence-corrected chi connectivity index (χ0v) is 13.2. The van der Waals surface area contributed by atoms with Gasteiger partial charge < -0.3 is 9.66 Å². The molecule has 0 radical (unpaired) electrons. The average Bonchev–Trinajstić information content (AvgIpc) is 2.29. The van der Waals surface area contributed by atoms with E-state index in [1.807, 2.05) is 19.4 Å². The lowest BCUT2D eigenvalue weighted by atomic mass is 10.2. The van der Waals surface area contributed by atoms with Crippen LogP contribution in [0, 0.1) is 6.92 Å². The molecule has 7 heteroatoms. The maximum Gasteiger partial charge on any atom is 0.154 e. The Bertz CT molecular complexity index is 446. The molecule has 0 aliphatic heterocycles. The molecule has 1 N–H and O–H groups in total. The topological polar surface area (TPSA) is 77.4 Å². The zero-order chi connectivity index (χ0) is 14.4. The van der Waals surface area contributed by atoms with Gasteiger partial charge in [0.15, 0.2) is 4.27 Å². The molecule has 104 valence electrons. The lowest BCUT2D eigenvalue weighted by Crippen LogP contribution is -2.10. The number of hydrogen-bond acceptors (Lipinski definition) is 6. The Hall–Kier alpha value is -0.210. The first-order chi connectivity index (χ1) is 8.12. The van der Waals surface area contributed by atoms with Crippen LogP contribution in [0.3, 0.4) is 0 Å². The molecule has 0 spiro atoms. The van der Waals surface area contributed by atoms with Gasteiger partial charge >= 0.3 is 0 Å². The van der Waals surface area contributed by atoms with Gasteiger partial charge in [0.25, 0.3) is 0 Å². The maximum atomic E-state index is 10.4. The van der Waals surface area contributed by atoms with Crippen LogP contribution >= 0.6 is 23.5 Å². The van der Waals surface area contributed by atoms with Crippen molar-refractivity contribution in [2.24, 2.45) is 0 Å². The van der Waals surface area contributed by atoms with E-state index in [-0.39, 0.29) is 4.90 Å². The fourth-order valence-corrected chi connectivity index (χ4v) is 1.92. The Labute approximate surface area is 117 Å². The van der Waals surface area contributed by atoms with Gasteiger partial charge in [-0.15, -0.1) is 23.5 Å². The third-order valence-corrected chi connectivity index (χ3v) is 5.43. The van der Waals surface area contributed by atoms with Crippen LogP contribution in [0.1, 0.15) is 12.5 Å². The summed E-state index contributed by atoms with van der Waals surface area (Å²) in [6.07, 6.45) is 3.77. The first kappa shape index (κ1) is 17.8. The predicted molar refractivity (Wildman–Crippen MR) is 76.8 cm³/mol. The van der Waals surface area contributed by atoms with E-state index in [9.17, 15) is 13.0 Å². The highest BCUT2D eigenvalue weighted by Gasteiger charge is 2.14. The molecule has 0 saturated heterocycles. The van der Waals surface area contributed by atoms with Crippen LogP contribution in [0.15, 0.2) is 29.2 Å². The van der Waals surface area contributed by atoms with E-state index < -0.39 is 14.4 Å². The van der Waals surface area contributed by atoms with Gasteiger partial charge in [0, 0.05) is 0 Å².